The zero-order chi connectivity index (χ0) is 59.5. The number of hydrogen-bond acceptors (Lipinski definition) is 10. The second kappa shape index (κ2) is 26.9. The third-order valence-corrected chi connectivity index (χ3v) is 13.8. The molecule has 0 saturated heterocycles. The highest BCUT2D eigenvalue weighted by molar-refractivity contribution is 6.08. The maximum absolute atomic E-state index is 13.3. The SMILES string of the molecule is C.CCC(=O)Nc1cc(CCOc2ccc(NC(=O)Nc3cc(C(C)(C)C)nn3-c3ccc(C)cc3)c3ccccc23)ccn1.Cc1ccc(-n2nc(C(C)(C)C)cc2NC(=O)Nc2ccc(OCCc3ccnc(N)c3)c3ccccc23)cc1. The zero-order valence-corrected chi connectivity index (χ0v) is 49.0. The number of hydrogen-bond donors (Lipinski definition) is 6. The highest BCUT2D eigenvalue weighted by atomic mass is 16.5. The predicted molar refractivity (Wildman–Crippen MR) is 344 cm³/mol. The smallest absolute Gasteiger partial charge is 0.324 e. The maximum Gasteiger partial charge on any atom is 0.324 e. The molecule has 17 nitrogen and oxygen atoms in total. The fraction of sp³-hybridized carbons (Fsp3) is 0.250. The number of benzene rings is 6. The number of amides is 5. The van der Waals surface area contributed by atoms with Crippen molar-refractivity contribution >= 4 is 74.2 Å². The van der Waals surface area contributed by atoms with Crippen molar-refractivity contribution in [3.63, 3.8) is 0 Å². The predicted octanol–water partition coefficient (Wildman–Crippen LogP) is 15.2. The standard InChI is InChI=1S/C35H38N6O3.C32H34N6O2.CH4/c1-6-33(42)38-31-21-24(17-19-36-31)18-20-44-29-16-15-28(26-9-7-8-10-27(26)29)37-34(43)39-32-22-30(35(3,4)5)40-41(32)25-13-11-23(2)12-14-25;1-21-9-11-23(12-10-21)38-30(20-28(37-38)32(2,3)4)36-31(39)35-26-13-14-27(25-8-6-5-7-24(25)26)40-18-16-22-15-17-34-29(33)19-22;/h7-17,19,21-22H,6,18,20H2,1-5H3,(H,36,38,42)(H2,37,39,43);5-15,17,19-20H,16,18H2,1-4H3,(H2,33,34)(H2,35,36,39);1H4. The average Bonchev–Trinajstić information content (AvgIpc) is 2.77. The molecule has 10 rings (SSSR count). The normalized spacial score (nSPS) is 11.2. The van der Waals surface area contributed by atoms with E-state index in [2.05, 4.69) is 78.1 Å². The van der Waals surface area contributed by atoms with E-state index in [9.17, 15) is 14.4 Å². The first-order valence-electron chi connectivity index (χ1n) is 28.0. The van der Waals surface area contributed by atoms with Crippen LogP contribution in [-0.4, -0.2) is 60.7 Å². The van der Waals surface area contributed by atoms with Gasteiger partial charge < -0.3 is 31.2 Å². The molecule has 0 atom stereocenters. The molecule has 0 aliphatic carbocycles. The van der Waals surface area contributed by atoms with E-state index in [4.69, 9.17) is 25.4 Å². The van der Waals surface area contributed by atoms with Crippen LogP contribution in [0.1, 0.15) is 96.0 Å². The third kappa shape index (κ3) is 15.7. The second-order valence-electron chi connectivity index (χ2n) is 22.5. The molecule has 6 aromatic carbocycles. The summed E-state index contributed by atoms with van der Waals surface area (Å²) in [7, 11) is 0. The topological polar surface area (TPSA) is 217 Å². The number of nitrogens with two attached hydrogens (primary N) is 1. The molecule has 0 spiro atoms. The number of nitrogen functional groups attached to an aromatic ring is 1. The number of nitrogens with one attached hydrogen (secondary N) is 5. The van der Waals surface area contributed by atoms with Crippen molar-refractivity contribution in [2.75, 3.05) is 45.5 Å². The molecule has 438 valence electrons. The zero-order valence-electron chi connectivity index (χ0n) is 49.0. The molecule has 7 N–H and O–H groups in total. The molecular formula is C68H76N12O5. The van der Waals surface area contributed by atoms with Crippen molar-refractivity contribution in [1.82, 2.24) is 29.5 Å². The molecule has 0 unspecified atom stereocenters. The summed E-state index contributed by atoms with van der Waals surface area (Å²) in [6.07, 6.45) is 5.11. The van der Waals surface area contributed by atoms with Gasteiger partial charge in [0.15, 0.2) is 0 Å². The van der Waals surface area contributed by atoms with E-state index < -0.39 is 0 Å². The van der Waals surface area contributed by atoms with Crippen LogP contribution in [0.25, 0.3) is 32.9 Å². The van der Waals surface area contributed by atoms with Gasteiger partial charge in [0.05, 0.1) is 47.4 Å². The lowest BCUT2D eigenvalue weighted by Gasteiger charge is -2.14. The number of carbonyl (C=O) groups excluding carboxylic acids is 3. The first kappa shape index (κ1) is 61.1. The van der Waals surface area contributed by atoms with E-state index in [0.29, 0.717) is 72.9 Å². The maximum atomic E-state index is 13.3. The summed E-state index contributed by atoms with van der Waals surface area (Å²) in [5, 5.41) is 28.0. The Morgan fingerprint density at radius 2 is 0.929 bits per heavy atom. The van der Waals surface area contributed by atoms with Crippen molar-refractivity contribution in [3.8, 4) is 22.9 Å². The summed E-state index contributed by atoms with van der Waals surface area (Å²) in [5.74, 6) is 3.58. The van der Waals surface area contributed by atoms with E-state index in [1.807, 2.05) is 172 Å². The minimum atomic E-state index is -0.374. The average molecular weight is 1140 g/mol. The second-order valence-corrected chi connectivity index (χ2v) is 22.5. The van der Waals surface area contributed by atoms with E-state index in [1.165, 1.54) is 0 Å². The molecule has 85 heavy (non-hydrogen) atoms. The molecule has 0 fully saturated rings. The van der Waals surface area contributed by atoms with E-state index in [1.54, 1.807) is 28.7 Å². The van der Waals surface area contributed by atoms with Crippen LogP contribution in [0.4, 0.5) is 44.2 Å². The Balaban J connectivity index is 0.000000220. The molecule has 0 aliphatic rings. The van der Waals surface area contributed by atoms with Crippen LogP contribution in [-0.2, 0) is 28.5 Å². The Morgan fingerprint density at radius 3 is 1.35 bits per heavy atom. The van der Waals surface area contributed by atoms with Crippen molar-refractivity contribution in [2.45, 2.75) is 99.8 Å². The summed E-state index contributed by atoms with van der Waals surface area (Å²) in [6, 6.07) is 49.8. The Bertz CT molecular complexity index is 3950. The van der Waals surface area contributed by atoms with Gasteiger partial charge in [-0.05, 0) is 97.8 Å². The summed E-state index contributed by atoms with van der Waals surface area (Å²) in [5.41, 5.74) is 14.6. The van der Waals surface area contributed by atoms with E-state index in [0.717, 1.165) is 72.3 Å². The minimum absolute atomic E-state index is 0. The Labute approximate surface area is 497 Å². The lowest BCUT2D eigenvalue weighted by atomic mass is 9.92. The first-order chi connectivity index (χ1) is 40.3. The van der Waals surface area contributed by atoms with Crippen LogP contribution in [0.15, 0.2) is 170 Å². The Hall–Kier alpha value is -10.0. The van der Waals surface area contributed by atoms with Crippen LogP contribution in [0.3, 0.4) is 0 Å². The number of rotatable bonds is 16. The molecule has 4 heterocycles. The molecule has 0 saturated carbocycles. The molecule has 0 radical (unpaired) electrons. The van der Waals surface area contributed by atoms with Gasteiger partial charge in [0.1, 0.15) is 34.8 Å². The minimum Gasteiger partial charge on any atom is -0.493 e. The lowest BCUT2D eigenvalue weighted by molar-refractivity contribution is -0.115. The number of urea groups is 2. The number of aromatic nitrogens is 6. The highest BCUT2D eigenvalue weighted by Crippen LogP contribution is 2.35. The fourth-order valence-electron chi connectivity index (χ4n) is 9.13. The van der Waals surface area contributed by atoms with Crippen LogP contribution in [0.5, 0.6) is 11.5 Å². The Morgan fingerprint density at radius 1 is 0.506 bits per heavy atom. The molecular weight excluding hydrogens is 1060 g/mol. The van der Waals surface area contributed by atoms with Gasteiger partial charge in [0.25, 0.3) is 0 Å². The molecule has 0 bridgehead atoms. The van der Waals surface area contributed by atoms with Gasteiger partial charge in [-0.2, -0.15) is 10.2 Å². The van der Waals surface area contributed by atoms with E-state index >= 15 is 0 Å². The van der Waals surface area contributed by atoms with Crippen molar-refractivity contribution in [1.29, 1.82) is 0 Å². The van der Waals surface area contributed by atoms with Crippen molar-refractivity contribution in [2.24, 2.45) is 0 Å². The number of pyridine rings is 2. The van der Waals surface area contributed by atoms with Gasteiger partial charge in [-0.3, -0.25) is 15.4 Å². The van der Waals surface area contributed by atoms with Gasteiger partial charge in [-0.15, -0.1) is 0 Å². The highest BCUT2D eigenvalue weighted by Gasteiger charge is 2.24. The van der Waals surface area contributed by atoms with E-state index in [-0.39, 0.29) is 36.2 Å². The van der Waals surface area contributed by atoms with Crippen LogP contribution >= 0.6 is 0 Å². The van der Waals surface area contributed by atoms with Gasteiger partial charge >= 0.3 is 12.1 Å². The summed E-state index contributed by atoms with van der Waals surface area (Å²) in [6.45, 7) is 19.4. The van der Waals surface area contributed by atoms with Crippen LogP contribution < -0.4 is 41.8 Å². The number of aryl methyl sites for hydroxylation is 2. The molecule has 17 heteroatoms. The van der Waals surface area contributed by atoms with Gasteiger partial charge in [0.2, 0.25) is 5.91 Å². The van der Waals surface area contributed by atoms with Gasteiger partial charge in [-0.1, -0.05) is 140 Å². The number of fused-ring (bicyclic) bond motifs is 2. The van der Waals surface area contributed by atoms with Crippen LogP contribution in [0, 0.1) is 13.8 Å². The number of anilines is 6. The first-order valence-corrected chi connectivity index (χ1v) is 28.0. The van der Waals surface area contributed by atoms with Crippen molar-refractivity contribution in [3.05, 3.63) is 204 Å². The monoisotopic (exact) mass is 1140 g/mol. The quantitative estimate of drug-likeness (QED) is 0.0538. The summed E-state index contributed by atoms with van der Waals surface area (Å²) in [4.78, 5) is 46.5. The molecule has 0 aliphatic heterocycles. The number of nitrogens with zero attached hydrogens (tertiary/aromatic N) is 6. The fourth-order valence-corrected chi connectivity index (χ4v) is 9.13. The van der Waals surface area contributed by atoms with Crippen molar-refractivity contribution < 1.29 is 23.9 Å². The molecule has 4 aromatic heterocycles. The summed E-state index contributed by atoms with van der Waals surface area (Å²) >= 11 is 0. The summed E-state index contributed by atoms with van der Waals surface area (Å²) < 4.78 is 15.8. The van der Waals surface area contributed by atoms with Gasteiger partial charge in [-0.25, -0.2) is 28.9 Å². The van der Waals surface area contributed by atoms with Gasteiger partial charge in [0, 0.05) is 76.2 Å². The molecule has 10 aromatic rings. The number of carbonyl (C=O) groups is 3. The van der Waals surface area contributed by atoms with Crippen LogP contribution in [0.2, 0.25) is 0 Å². The number of ether oxygens (including phenoxy) is 2. The lowest BCUT2D eigenvalue weighted by Crippen LogP contribution is -2.21. The molecule has 5 amide bonds. The largest absolute Gasteiger partial charge is 0.493 e. The Kier molecular flexibility index (Phi) is 19.3. The third-order valence-electron chi connectivity index (χ3n) is 13.8.